The van der Waals surface area contributed by atoms with Crippen LogP contribution in [0.1, 0.15) is 50.0 Å². The molecule has 1 saturated heterocycles. The molecule has 1 amide bonds. The second-order valence-corrected chi connectivity index (χ2v) is 7.42. The number of anilines is 1. The first kappa shape index (κ1) is 18.6. The van der Waals surface area contributed by atoms with E-state index in [0.717, 1.165) is 18.8 Å². The first-order chi connectivity index (χ1) is 12.4. The van der Waals surface area contributed by atoms with E-state index in [1.54, 1.807) is 6.20 Å². The summed E-state index contributed by atoms with van der Waals surface area (Å²) >= 11 is 0. The Balaban J connectivity index is 1.61. The van der Waals surface area contributed by atoms with Gasteiger partial charge >= 0.3 is 5.97 Å². The molecule has 2 aliphatic rings. The van der Waals surface area contributed by atoms with Crippen LogP contribution < -0.4 is 10.2 Å². The van der Waals surface area contributed by atoms with Crippen LogP contribution >= 0.6 is 0 Å². The number of hydrogen-bond donors (Lipinski definition) is 2. The van der Waals surface area contributed by atoms with Crippen molar-refractivity contribution >= 4 is 17.6 Å². The molecule has 0 bridgehead atoms. The molecule has 0 radical (unpaired) electrons. The fourth-order valence-electron chi connectivity index (χ4n) is 3.87. The molecular weight excluding hydrogens is 334 g/mol. The fourth-order valence-corrected chi connectivity index (χ4v) is 3.87. The van der Waals surface area contributed by atoms with E-state index in [9.17, 15) is 9.59 Å². The standard InChI is InChI=1S/C19H27N3O4/c1-12-10-22(11-13(2)26-12)16-7-8-20-17(9-16)18(23)21-15-5-3-14(4-6-15)19(24)25/h7-9,12-15H,3-6,10-11H2,1-2H3,(H,21,23)(H,24,25). The topological polar surface area (TPSA) is 91.8 Å². The summed E-state index contributed by atoms with van der Waals surface area (Å²) in [6.07, 6.45) is 4.56. The fraction of sp³-hybridized carbons (Fsp3) is 0.632. The Morgan fingerprint density at radius 3 is 2.46 bits per heavy atom. The Kier molecular flexibility index (Phi) is 5.76. The van der Waals surface area contributed by atoms with E-state index in [1.165, 1.54) is 0 Å². The van der Waals surface area contributed by atoms with Gasteiger partial charge in [-0.3, -0.25) is 14.6 Å². The average molecular weight is 361 g/mol. The van der Waals surface area contributed by atoms with Gasteiger partial charge in [-0.05, 0) is 51.7 Å². The van der Waals surface area contributed by atoms with Crippen LogP contribution in [0.3, 0.4) is 0 Å². The third-order valence-corrected chi connectivity index (χ3v) is 5.17. The zero-order valence-corrected chi connectivity index (χ0v) is 15.4. The highest BCUT2D eigenvalue weighted by atomic mass is 16.5. The lowest BCUT2D eigenvalue weighted by Gasteiger charge is -2.36. The van der Waals surface area contributed by atoms with Crippen molar-refractivity contribution in [3.05, 3.63) is 24.0 Å². The van der Waals surface area contributed by atoms with E-state index < -0.39 is 5.97 Å². The predicted molar refractivity (Wildman–Crippen MR) is 97.3 cm³/mol. The number of carboxylic acids is 1. The van der Waals surface area contributed by atoms with E-state index in [1.807, 2.05) is 26.0 Å². The van der Waals surface area contributed by atoms with E-state index in [4.69, 9.17) is 9.84 Å². The van der Waals surface area contributed by atoms with Gasteiger partial charge in [-0.15, -0.1) is 0 Å². The van der Waals surface area contributed by atoms with Crippen molar-refractivity contribution in [2.45, 2.75) is 57.8 Å². The van der Waals surface area contributed by atoms with Crippen molar-refractivity contribution < 1.29 is 19.4 Å². The van der Waals surface area contributed by atoms with E-state index >= 15 is 0 Å². The Morgan fingerprint density at radius 2 is 1.85 bits per heavy atom. The summed E-state index contributed by atoms with van der Waals surface area (Å²) in [5.41, 5.74) is 1.37. The lowest BCUT2D eigenvalue weighted by Crippen LogP contribution is -2.45. The molecule has 2 unspecified atom stereocenters. The second-order valence-electron chi connectivity index (χ2n) is 7.42. The third-order valence-electron chi connectivity index (χ3n) is 5.17. The van der Waals surface area contributed by atoms with E-state index in [-0.39, 0.29) is 30.1 Å². The predicted octanol–water partition coefficient (Wildman–Crippen LogP) is 2.07. The van der Waals surface area contributed by atoms with Gasteiger partial charge in [-0.25, -0.2) is 0 Å². The summed E-state index contributed by atoms with van der Waals surface area (Å²) in [7, 11) is 0. The number of hydrogen-bond acceptors (Lipinski definition) is 5. The molecule has 1 aromatic heterocycles. The Hall–Kier alpha value is -2.15. The van der Waals surface area contributed by atoms with Crippen LogP contribution in [-0.2, 0) is 9.53 Å². The number of aliphatic carboxylic acids is 1. The van der Waals surface area contributed by atoms with E-state index in [2.05, 4.69) is 15.2 Å². The molecule has 7 heteroatoms. The molecule has 26 heavy (non-hydrogen) atoms. The maximum Gasteiger partial charge on any atom is 0.306 e. The highest BCUT2D eigenvalue weighted by Gasteiger charge is 2.27. The maximum atomic E-state index is 12.6. The van der Waals surface area contributed by atoms with Gasteiger partial charge in [0, 0.05) is 31.0 Å². The van der Waals surface area contributed by atoms with Crippen molar-refractivity contribution in [2.75, 3.05) is 18.0 Å². The van der Waals surface area contributed by atoms with Crippen LogP contribution in [0, 0.1) is 5.92 Å². The number of carboxylic acid groups (broad SMARTS) is 1. The number of morpholine rings is 1. The number of amides is 1. The number of rotatable bonds is 4. The van der Waals surface area contributed by atoms with E-state index in [0.29, 0.717) is 31.4 Å². The van der Waals surface area contributed by atoms with Gasteiger partial charge in [-0.1, -0.05) is 0 Å². The van der Waals surface area contributed by atoms with Crippen LogP contribution in [-0.4, -0.2) is 53.3 Å². The van der Waals surface area contributed by atoms with Gasteiger partial charge in [0.15, 0.2) is 0 Å². The Bertz CT molecular complexity index is 648. The minimum absolute atomic E-state index is 0.0204. The minimum Gasteiger partial charge on any atom is -0.481 e. The molecule has 1 saturated carbocycles. The molecule has 3 rings (SSSR count). The largest absolute Gasteiger partial charge is 0.481 e. The number of aromatic nitrogens is 1. The van der Waals surface area contributed by atoms with Crippen molar-refractivity contribution in [1.82, 2.24) is 10.3 Å². The van der Waals surface area contributed by atoms with Crippen molar-refractivity contribution in [3.63, 3.8) is 0 Å². The van der Waals surface area contributed by atoms with Gasteiger partial charge in [0.05, 0.1) is 18.1 Å². The van der Waals surface area contributed by atoms with Crippen molar-refractivity contribution in [2.24, 2.45) is 5.92 Å². The first-order valence-electron chi connectivity index (χ1n) is 9.32. The number of nitrogens with one attached hydrogen (secondary N) is 1. The molecular formula is C19H27N3O4. The van der Waals surface area contributed by atoms with Crippen LogP contribution in [0.15, 0.2) is 18.3 Å². The Morgan fingerprint density at radius 1 is 1.19 bits per heavy atom. The highest BCUT2D eigenvalue weighted by Crippen LogP contribution is 2.25. The molecule has 2 heterocycles. The molecule has 142 valence electrons. The molecule has 2 fully saturated rings. The van der Waals surface area contributed by atoms with Gasteiger partial charge in [0.25, 0.3) is 5.91 Å². The molecule has 7 nitrogen and oxygen atoms in total. The minimum atomic E-state index is -0.738. The smallest absolute Gasteiger partial charge is 0.306 e. The molecule has 0 spiro atoms. The average Bonchev–Trinajstić information content (AvgIpc) is 2.61. The highest BCUT2D eigenvalue weighted by molar-refractivity contribution is 5.93. The summed E-state index contributed by atoms with van der Waals surface area (Å²) in [4.78, 5) is 30.0. The SMILES string of the molecule is CC1CN(c2ccnc(C(=O)NC3CCC(C(=O)O)CC3)c2)CC(C)O1. The summed E-state index contributed by atoms with van der Waals surface area (Å²) < 4.78 is 5.76. The van der Waals surface area contributed by atoms with Gasteiger partial charge in [0.2, 0.25) is 0 Å². The molecule has 2 N–H and O–H groups in total. The molecule has 2 atom stereocenters. The molecule has 1 aliphatic heterocycles. The maximum absolute atomic E-state index is 12.6. The third kappa shape index (κ3) is 4.52. The summed E-state index contributed by atoms with van der Waals surface area (Å²) in [5, 5.41) is 12.1. The number of ether oxygens (including phenoxy) is 1. The number of carbonyl (C=O) groups is 2. The normalized spacial score (nSPS) is 29.2. The zero-order valence-electron chi connectivity index (χ0n) is 15.4. The Labute approximate surface area is 153 Å². The number of pyridine rings is 1. The van der Waals surface area contributed by atoms with Crippen molar-refractivity contribution in [3.8, 4) is 0 Å². The number of nitrogens with zero attached hydrogens (tertiary/aromatic N) is 2. The summed E-state index contributed by atoms with van der Waals surface area (Å²) in [5.74, 6) is -1.21. The van der Waals surface area contributed by atoms with Gasteiger partial charge in [-0.2, -0.15) is 0 Å². The van der Waals surface area contributed by atoms with Gasteiger partial charge < -0.3 is 20.1 Å². The van der Waals surface area contributed by atoms with Crippen LogP contribution in [0.2, 0.25) is 0 Å². The molecule has 1 aromatic rings. The number of carbonyl (C=O) groups excluding carboxylic acids is 1. The summed E-state index contributed by atoms with van der Waals surface area (Å²) in [6, 6.07) is 3.76. The van der Waals surface area contributed by atoms with Gasteiger partial charge in [0.1, 0.15) is 5.69 Å². The monoisotopic (exact) mass is 361 g/mol. The second kappa shape index (κ2) is 8.03. The van der Waals surface area contributed by atoms with Crippen LogP contribution in [0.25, 0.3) is 0 Å². The molecule has 1 aliphatic carbocycles. The zero-order chi connectivity index (χ0) is 18.7. The first-order valence-corrected chi connectivity index (χ1v) is 9.32. The lowest BCUT2D eigenvalue weighted by molar-refractivity contribution is -0.142. The van der Waals surface area contributed by atoms with Crippen LogP contribution in [0.4, 0.5) is 5.69 Å². The van der Waals surface area contributed by atoms with Crippen molar-refractivity contribution in [1.29, 1.82) is 0 Å². The molecule has 0 aromatic carbocycles. The lowest BCUT2D eigenvalue weighted by atomic mass is 9.86. The quantitative estimate of drug-likeness (QED) is 0.853. The van der Waals surface area contributed by atoms with Crippen LogP contribution in [0.5, 0.6) is 0 Å². The summed E-state index contributed by atoms with van der Waals surface area (Å²) in [6.45, 7) is 5.67.